The van der Waals surface area contributed by atoms with E-state index in [9.17, 15) is 14.4 Å². The summed E-state index contributed by atoms with van der Waals surface area (Å²) in [6, 6.07) is 12.5. The van der Waals surface area contributed by atoms with E-state index in [2.05, 4.69) is 4.98 Å². The lowest BCUT2D eigenvalue weighted by Gasteiger charge is -2.35. The largest absolute Gasteiger partial charge is 0.497 e. The van der Waals surface area contributed by atoms with E-state index in [1.165, 1.54) is 0 Å². The fourth-order valence-electron chi connectivity index (χ4n) is 3.92. The van der Waals surface area contributed by atoms with Crippen molar-refractivity contribution < 1.29 is 19.1 Å². The molecule has 1 aromatic heterocycles. The smallest absolute Gasteiger partial charge is 0.272 e. The molecule has 2 aliphatic heterocycles. The van der Waals surface area contributed by atoms with Gasteiger partial charge in [0.25, 0.3) is 5.91 Å². The number of methoxy groups -OCH3 is 1. The Morgan fingerprint density at radius 3 is 2.33 bits per heavy atom. The van der Waals surface area contributed by atoms with Crippen molar-refractivity contribution in [3.05, 3.63) is 54.4 Å². The Balaban J connectivity index is 1.34. The highest BCUT2D eigenvalue weighted by molar-refractivity contribution is 6.00. The number of aromatic nitrogens is 1. The number of amides is 3. The maximum absolute atomic E-state index is 13.0. The van der Waals surface area contributed by atoms with E-state index in [1.54, 1.807) is 58.3 Å². The summed E-state index contributed by atoms with van der Waals surface area (Å²) >= 11 is 0. The van der Waals surface area contributed by atoms with E-state index in [0.717, 1.165) is 11.4 Å². The molecular formula is C22H24N4O4. The number of carbonyl (C=O) groups is 3. The van der Waals surface area contributed by atoms with Crippen LogP contribution < -0.4 is 9.64 Å². The summed E-state index contributed by atoms with van der Waals surface area (Å²) in [5.74, 6) is 0.157. The topological polar surface area (TPSA) is 83.1 Å². The Hall–Kier alpha value is -3.42. The molecule has 4 rings (SSSR count). The Morgan fingerprint density at radius 2 is 1.70 bits per heavy atom. The van der Waals surface area contributed by atoms with Gasteiger partial charge in [-0.05, 0) is 36.4 Å². The van der Waals surface area contributed by atoms with Crippen molar-refractivity contribution in [2.45, 2.75) is 6.42 Å². The Morgan fingerprint density at radius 1 is 1.00 bits per heavy atom. The molecule has 3 amide bonds. The Labute approximate surface area is 175 Å². The summed E-state index contributed by atoms with van der Waals surface area (Å²) in [4.78, 5) is 47.2. The van der Waals surface area contributed by atoms with Crippen LogP contribution in [0.4, 0.5) is 5.69 Å². The molecule has 0 N–H and O–H groups in total. The highest BCUT2D eigenvalue weighted by atomic mass is 16.5. The van der Waals surface area contributed by atoms with E-state index in [1.807, 2.05) is 12.1 Å². The lowest BCUT2D eigenvalue weighted by molar-refractivity contribution is -0.137. The summed E-state index contributed by atoms with van der Waals surface area (Å²) in [6.45, 7) is 2.22. The fourth-order valence-corrected chi connectivity index (χ4v) is 3.92. The molecule has 0 aliphatic carbocycles. The second-order valence-corrected chi connectivity index (χ2v) is 7.44. The average molecular weight is 408 g/mol. The molecule has 2 saturated heterocycles. The van der Waals surface area contributed by atoms with Crippen LogP contribution in [0.25, 0.3) is 0 Å². The summed E-state index contributed by atoms with van der Waals surface area (Å²) in [5, 5.41) is 0. The maximum Gasteiger partial charge on any atom is 0.272 e. The lowest BCUT2D eigenvalue weighted by Crippen LogP contribution is -2.52. The van der Waals surface area contributed by atoms with Crippen LogP contribution in [0, 0.1) is 5.92 Å². The summed E-state index contributed by atoms with van der Waals surface area (Å²) in [5.41, 5.74) is 1.18. The van der Waals surface area contributed by atoms with E-state index < -0.39 is 0 Å². The monoisotopic (exact) mass is 408 g/mol. The molecule has 0 saturated carbocycles. The number of pyridine rings is 1. The van der Waals surface area contributed by atoms with Crippen molar-refractivity contribution in [2.75, 3.05) is 44.7 Å². The SMILES string of the molecule is COc1ccc(N2C[C@H](C(=O)N3CCN(C(=O)c4ccccn4)CC3)CC2=O)cc1. The van der Waals surface area contributed by atoms with Gasteiger partial charge in [-0.1, -0.05) is 6.07 Å². The van der Waals surface area contributed by atoms with Crippen LogP contribution >= 0.6 is 0 Å². The number of rotatable bonds is 4. The number of hydrogen-bond donors (Lipinski definition) is 0. The van der Waals surface area contributed by atoms with Crippen molar-refractivity contribution in [1.82, 2.24) is 14.8 Å². The first-order valence-electron chi connectivity index (χ1n) is 10.0. The standard InChI is InChI=1S/C22H24N4O4/c1-30-18-7-5-17(6-8-18)26-15-16(14-20(26)27)21(28)24-10-12-25(13-11-24)22(29)19-4-2-3-9-23-19/h2-9,16H,10-15H2,1H3/t16-/m1/s1. The molecule has 0 unspecified atom stereocenters. The van der Waals surface area contributed by atoms with Gasteiger partial charge in [0.1, 0.15) is 11.4 Å². The highest BCUT2D eigenvalue weighted by Gasteiger charge is 2.38. The molecule has 2 aromatic rings. The highest BCUT2D eigenvalue weighted by Crippen LogP contribution is 2.28. The van der Waals surface area contributed by atoms with Gasteiger partial charge in [-0.3, -0.25) is 19.4 Å². The van der Waals surface area contributed by atoms with Gasteiger partial charge >= 0.3 is 0 Å². The van der Waals surface area contributed by atoms with Crippen LogP contribution in [0.3, 0.4) is 0 Å². The van der Waals surface area contributed by atoms with Crippen LogP contribution in [0.2, 0.25) is 0 Å². The zero-order valence-electron chi connectivity index (χ0n) is 16.9. The molecule has 3 heterocycles. The number of carbonyl (C=O) groups excluding carboxylic acids is 3. The molecule has 8 nitrogen and oxygen atoms in total. The zero-order valence-corrected chi connectivity index (χ0v) is 16.9. The molecule has 0 spiro atoms. The molecule has 1 aromatic carbocycles. The molecule has 30 heavy (non-hydrogen) atoms. The van der Waals surface area contributed by atoms with Crippen LogP contribution in [0.5, 0.6) is 5.75 Å². The quantitative estimate of drug-likeness (QED) is 0.764. The number of hydrogen-bond acceptors (Lipinski definition) is 5. The van der Waals surface area contributed by atoms with Crippen LogP contribution in [0.15, 0.2) is 48.7 Å². The molecule has 156 valence electrons. The molecule has 1 atom stereocenters. The third-order valence-electron chi connectivity index (χ3n) is 5.62. The number of piperazine rings is 1. The summed E-state index contributed by atoms with van der Waals surface area (Å²) in [7, 11) is 1.59. The van der Waals surface area contributed by atoms with Crippen LogP contribution in [0.1, 0.15) is 16.9 Å². The van der Waals surface area contributed by atoms with Gasteiger partial charge < -0.3 is 19.4 Å². The van der Waals surface area contributed by atoms with Crippen molar-refractivity contribution in [3.63, 3.8) is 0 Å². The van der Waals surface area contributed by atoms with Gasteiger partial charge in [-0.15, -0.1) is 0 Å². The fraction of sp³-hybridized carbons (Fsp3) is 0.364. The second-order valence-electron chi connectivity index (χ2n) is 7.44. The van der Waals surface area contributed by atoms with Crippen molar-refractivity contribution in [1.29, 1.82) is 0 Å². The van der Waals surface area contributed by atoms with Gasteiger partial charge in [0.15, 0.2) is 0 Å². The third kappa shape index (κ3) is 3.98. The minimum Gasteiger partial charge on any atom is -0.497 e. The van der Waals surface area contributed by atoms with Crippen LogP contribution in [-0.2, 0) is 9.59 Å². The number of anilines is 1. The van der Waals surface area contributed by atoms with Crippen molar-refractivity contribution in [3.8, 4) is 5.75 Å². The van der Waals surface area contributed by atoms with Gasteiger partial charge in [-0.2, -0.15) is 0 Å². The number of nitrogens with zero attached hydrogens (tertiary/aromatic N) is 4. The Bertz CT molecular complexity index is 924. The zero-order chi connectivity index (χ0) is 21.1. The molecule has 2 aliphatic rings. The summed E-state index contributed by atoms with van der Waals surface area (Å²) < 4.78 is 5.15. The number of ether oxygens (including phenoxy) is 1. The first-order chi connectivity index (χ1) is 14.6. The maximum atomic E-state index is 13.0. The van der Waals surface area contributed by atoms with Crippen molar-refractivity contribution in [2.24, 2.45) is 5.92 Å². The Kier molecular flexibility index (Phi) is 5.65. The molecular weight excluding hydrogens is 384 g/mol. The van der Waals surface area contributed by atoms with Gasteiger partial charge in [0.05, 0.1) is 13.0 Å². The first-order valence-corrected chi connectivity index (χ1v) is 10.0. The minimum absolute atomic E-state index is 0.0238. The molecule has 0 radical (unpaired) electrons. The molecule has 0 bridgehead atoms. The molecule has 2 fully saturated rings. The number of benzene rings is 1. The van der Waals surface area contributed by atoms with E-state index >= 15 is 0 Å². The average Bonchev–Trinajstić information content (AvgIpc) is 3.20. The van der Waals surface area contributed by atoms with Gasteiger partial charge in [-0.25, -0.2) is 0 Å². The van der Waals surface area contributed by atoms with Crippen molar-refractivity contribution >= 4 is 23.4 Å². The first kappa shape index (κ1) is 19.9. The predicted molar refractivity (Wildman–Crippen MR) is 110 cm³/mol. The van der Waals surface area contributed by atoms with E-state index in [4.69, 9.17) is 4.74 Å². The third-order valence-corrected chi connectivity index (χ3v) is 5.62. The second kappa shape index (κ2) is 8.52. The predicted octanol–water partition coefficient (Wildman–Crippen LogP) is 1.43. The minimum atomic E-state index is -0.363. The van der Waals surface area contributed by atoms with Crippen LogP contribution in [-0.4, -0.2) is 72.3 Å². The van der Waals surface area contributed by atoms with Gasteiger partial charge in [0, 0.05) is 51.0 Å². The van der Waals surface area contributed by atoms with Gasteiger partial charge in [0.2, 0.25) is 11.8 Å². The van der Waals surface area contributed by atoms with E-state index in [-0.39, 0.29) is 30.1 Å². The van der Waals surface area contributed by atoms with E-state index in [0.29, 0.717) is 38.4 Å². The lowest BCUT2D eigenvalue weighted by atomic mass is 10.1. The molecule has 8 heteroatoms. The summed E-state index contributed by atoms with van der Waals surface area (Å²) in [6.07, 6.45) is 1.80. The normalized spacial score (nSPS) is 19.2.